The standard InChI is InChI=1S/C47H80O14/c1-3-5-7-9-11-12-13-14-15-16-17-18-19-20-21-22-23-25-27-29-31-56-33-36(59-39(49)30-28-26-24-10-8-6-4-2)34-57-46-45(55)43(53)41(51)38(61-46)35-58-47-44(54)42(52)40(50)37(32-48)60-47/h5,7,11-12,14-15,17-18,20-21,36-38,40-48,50-55H,3-4,6,8-10,13,16,19,22-35H2,1-2H3/b7-5-,12-11-,15-14-,18-17-,21-20-. The second-order valence-electron chi connectivity index (χ2n) is 15.8. The van der Waals surface area contributed by atoms with Gasteiger partial charge in [0.1, 0.15) is 54.9 Å². The third-order valence-corrected chi connectivity index (χ3v) is 10.5. The Morgan fingerprint density at radius 1 is 0.557 bits per heavy atom. The van der Waals surface area contributed by atoms with Crippen molar-refractivity contribution in [3.05, 3.63) is 60.8 Å². The van der Waals surface area contributed by atoms with Crippen LogP contribution in [0.15, 0.2) is 60.8 Å². The number of hydrogen-bond donors (Lipinski definition) is 7. The molecule has 2 saturated heterocycles. The van der Waals surface area contributed by atoms with E-state index in [0.29, 0.717) is 13.0 Å². The van der Waals surface area contributed by atoms with Gasteiger partial charge >= 0.3 is 5.97 Å². The average molecular weight is 869 g/mol. The Kier molecular flexibility index (Phi) is 31.5. The lowest BCUT2D eigenvalue weighted by molar-refractivity contribution is -0.332. The first-order valence-electron chi connectivity index (χ1n) is 22.9. The summed E-state index contributed by atoms with van der Waals surface area (Å²) in [6.45, 7) is 3.42. The lowest BCUT2D eigenvalue weighted by Crippen LogP contribution is -2.61. The van der Waals surface area contributed by atoms with Crippen molar-refractivity contribution in [2.45, 2.75) is 197 Å². The van der Waals surface area contributed by atoms with Crippen LogP contribution in [0, 0.1) is 0 Å². The molecule has 7 N–H and O–H groups in total. The molecule has 61 heavy (non-hydrogen) atoms. The fourth-order valence-electron chi connectivity index (χ4n) is 6.78. The van der Waals surface area contributed by atoms with Crippen LogP contribution in [0.2, 0.25) is 0 Å². The minimum Gasteiger partial charge on any atom is -0.457 e. The quantitative estimate of drug-likeness (QED) is 0.0245. The summed E-state index contributed by atoms with van der Waals surface area (Å²) in [6.07, 6.45) is 23.2. The number of hydrogen-bond acceptors (Lipinski definition) is 14. The molecule has 0 saturated carbocycles. The van der Waals surface area contributed by atoms with Crippen molar-refractivity contribution < 1.29 is 69.0 Å². The monoisotopic (exact) mass is 869 g/mol. The van der Waals surface area contributed by atoms with Gasteiger partial charge in [-0.3, -0.25) is 4.79 Å². The number of aliphatic hydroxyl groups excluding tert-OH is 7. The van der Waals surface area contributed by atoms with Gasteiger partial charge in [0.05, 0.1) is 26.4 Å². The molecule has 14 nitrogen and oxygen atoms in total. The Labute approximate surface area is 364 Å². The maximum absolute atomic E-state index is 12.8. The number of esters is 1. The highest BCUT2D eigenvalue weighted by Gasteiger charge is 2.47. The van der Waals surface area contributed by atoms with Crippen LogP contribution >= 0.6 is 0 Å². The smallest absolute Gasteiger partial charge is 0.306 e. The molecule has 2 aliphatic heterocycles. The van der Waals surface area contributed by atoms with Gasteiger partial charge in [-0.1, -0.05) is 126 Å². The summed E-state index contributed by atoms with van der Waals surface area (Å²) in [7, 11) is 0. The van der Waals surface area contributed by atoms with Crippen LogP contribution in [-0.4, -0.2) is 142 Å². The molecule has 0 aliphatic carbocycles. The Hall–Kier alpha value is -2.31. The molecule has 0 amide bonds. The molecule has 2 fully saturated rings. The zero-order valence-electron chi connectivity index (χ0n) is 36.9. The molecular formula is C47H80O14. The van der Waals surface area contributed by atoms with Crippen LogP contribution in [0.4, 0.5) is 0 Å². The first-order chi connectivity index (χ1) is 29.6. The summed E-state index contributed by atoms with van der Waals surface area (Å²) in [6, 6.07) is 0. The Morgan fingerprint density at radius 2 is 1.07 bits per heavy atom. The summed E-state index contributed by atoms with van der Waals surface area (Å²) < 4.78 is 34.0. The minimum absolute atomic E-state index is 0.0421. The second-order valence-corrected chi connectivity index (χ2v) is 15.8. The van der Waals surface area contributed by atoms with Gasteiger partial charge in [0.2, 0.25) is 0 Å². The number of aliphatic hydroxyl groups is 7. The SMILES string of the molecule is CC/C=C\C/C=C\C/C=C\C/C=C\C/C=C\CCCCCCOCC(COC1OC(COC2OC(CO)C(O)C(O)C2O)C(O)C(O)C1O)OC(=O)CCCCCCCCC. The van der Waals surface area contributed by atoms with Gasteiger partial charge in [-0.15, -0.1) is 0 Å². The molecule has 0 aromatic rings. The zero-order chi connectivity index (χ0) is 44.5. The maximum atomic E-state index is 12.8. The number of allylic oxidation sites excluding steroid dienone is 10. The highest BCUT2D eigenvalue weighted by atomic mass is 16.7. The van der Waals surface area contributed by atoms with E-state index in [1.165, 1.54) is 19.3 Å². The molecular weight excluding hydrogens is 789 g/mol. The minimum atomic E-state index is -1.71. The first kappa shape index (κ1) is 54.8. The third-order valence-electron chi connectivity index (χ3n) is 10.5. The lowest BCUT2D eigenvalue weighted by Gasteiger charge is -2.42. The second kappa shape index (κ2) is 35.1. The number of unbranched alkanes of at least 4 members (excludes halogenated alkanes) is 10. The Balaban J connectivity index is 1.77. The first-order valence-corrected chi connectivity index (χ1v) is 22.9. The lowest BCUT2D eigenvalue weighted by atomic mass is 9.98. The zero-order valence-corrected chi connectivity index (χ0v) is 36.9. The fraction of sp³-hybridized carbons (Fsp3) is 0.766. The van der Waals surface area contributed by atoms with Gasteiger partial charge < -0.3 is 64.2 Å². The molecule has 11 unspecified atom stereocenters. The highest BCUT2D eigenvalue weighted by Crippen LogP contribution is 2.26. The van der Waals surface area contributed by atoms with Gasteiger partial charge in [-0.2, -0.15) is 0 Å². The van der Waals surface area contributed by atoms with Crippen molar-refractivity contribution in [3.8, 4) is 0 Å². The van der Waals surface area contributed by atoms with Crippen LogP contribution in [0.25, 0.3) is 0 Å². The van der Waals surface area contributed by atoms with Crippen LogP contribution < -0.4 is 0 Å². The number of ether oxygens (including phenoxy) is 6. The van der Waals surface area contributed by atoms with E-state index in [9.17, 15) is 40.5 Å². The van der Waals surface area contributed by atoms with E-state index in [0.717, 1.165) is 83.5 Å². The van der Waals surface area contributed by atoms with Crippen LogP contribution in [0.3, 0.4) is 0 Å². The summed E-state index contributed by atoms with van der Waals surface area (Å²) in [5.74, 6) is -0.396. The Bertz CT molecular complexity index is 1240. The molecule has 0 aromatic heterocycles. The van der Waals surface area contributed by atoms with Crippen molar-refractivity contribution in [2.75, 3.05) is 33.0 Å². The normalized spacial score (nSPS) is 28.0. The van der Waals surface area contributed by atoms with E-state index in [1.807, 2.05) is 0 Å². The molecule has 0 spiro atoms. The topological polar surface area (TPSA) is 214 Å². The Morgan fingerprint density at radius 3 is 1.67 bits per heavy atom. The van der Waals surface area contributed by atoms with Gasteiger partial charge in [0.15, 0.2) is 12.6 Å². The predicted molar refractivity (Wildman–Crippen MR) is 233 cm³/mol. The molecule has 2 rings (SSSR count). The van der Waals surface area contributed by atoms with Crippen molar-refractivity contribution in [2.24, 2.45) is 0 Å². The molecule has 0 radical (unpaired) electrons. The van der Waals surface area contributed by atoms with E-state index >= 15 is 0 Å². The molecule has 352 valence electrons. The van der Waals surface area contributed by atoms with E-state index in [1.54, 1.807) is 0 Å². The highest BCUT2D eigenvalue weighted by molar-refractivity contribution is 5.69. The van der Waals surface area contributed by atoms with E-state index in [4.69, 9.17) is 28.4 Å². The number of carbonyl (C=O) groups is 1. The van der Waals surface area contributed by atoms with Gasteiger partial charge in [0, 0.05) is 13.0 Å². The third kappa shape index (κ3) is 23.8. The predicted octanol–water partition coefficient (Wildman–Crippen LogP) is 5.40. The van der Waals surface area contributed by atoms with Crippen molar-refractivity contribution in [3.63, 3.8) is 0 Å². The number of carbonyl (C=O) groups excluding carboxylic acids is 1. The van der Waals surface area contributed by atoms with Crippen LogP contribution in [0.1, 0.15) is 129 Å². The molecule has 0 bridgehead atoms. The molecule has 2 aliphatic rings. The van der Waals surface area contributed by atoms with Crippen LogP contribution in [-0.2, 0) is 33.2 Å². The molecule has 0 aromatic carbocycles. The van der Waals surface area contributed by atoms with Gasteiger partial charge in [0.25, 0.3) is 0 Å². The van der Waals surface area contributed by atoms with Gasteiger partial charge in [-0.05, 0) is 57.8 Å². The molecule has 14 heteroatoms. The number of rotatable bonds is 34. The molecule has 11 atom stereocenters. The van der Waals surface area contributed by atoms with E-state index < -0.39 is 86.7 Å². The van der Waals surface area contributed by atoms with Crippen molar-refractivity contribution >= 4 is 5.97 Å². The van der Waals surface area contributed by atoms with Crippen molar-refractivity contribution in [1.82, 2.24) is 0 Å². The summed E-state index contributed by atoms with van der Waals surface area (Å²) in [4.78, 5) is 12.8. The summed E-state index contributed by atoms with van der Waals surface area (Å²) in [5, 5.41) is 71.8. The fourth-order valence-corrected chi connectivity index (χ4v) is 6.78. The largest absolute Gasteiger partial charge is 0.457 e. The summed E-state index contributed by atoms with van der Waals surface area (Å²) >= 11 is 0. The van der Waals surface area contributed by atoms with Crippen molar-refractivity contribution in [1.29, 1.82) is 0 Å². The van der Waals surface area contributed by atoms with Gasteiger partial charge in [-0.25, -0.2) is 0 Å². The van der Waals surface area contributed by atoms with E-state index in [2.05, 4.69) is 74.6 Å². The summed E-state index contributed by atoms with van der Waals surface area (Å²) in [5.41, 5.74) is 0. The van der Waals surface area contributed by atoms with Crippen LogP contribution in [0.5, 0.6) is 0 Å². The molecule has 2 heterocycles. The maximum Gasteiger partial charge on any atom is 0.306 e. The van der Waals surface area contributed by atoms with E-state index in [-0.39, 0.29) is 19.6 Å². The average Bonchev–Trinajstić information content (AvgIpc) is 3.25.